The lowest BCUT2D eigenvalue weighted by molar-refractivity contribution is -0.384. The van der Waals surface area contributed by atoms with Crippen molar-refractivity contribution in [1.29, 1.82) is 0 Å². The van der Waals surface area contributed by atoms with Gasteiger partial charge in [0.2, 0.25) is 0 Å². The number of carbonyl (C=O) groups is 1. The molecule has 34 heavy (non-hydrogen) atoms. The zero-order valence-corrected chi connectivity index (χ0v) is 19.8. The number of amides is 1. The molecular weight excluding hydrogens is 432 g/mol. The minimum Gasteiger partial charge on any atom is -0.366 e. The molecule has 0 spiro atoms. The molecule has 1 amide bonds. The van der Waals surface area contributed by atoms with Crippen molar-refractivity contribution in [2.75, 3.05) is 31.1 Å². The molecule has 0 saturated carbocycles. The Morgan fingerprint density at radius 2 is 1.71 bits per heavy atom. The van der Waals surface area contributed by atoms with Crippen LogP contribution in [-0.4, -0.2) is 56.7 Å². The molecule has 182 valence electrons. The molecule has 0 radical (unpaired) electrons. The van der Waals surface area contributed by atoms with Crippen molar-refractivity contribution >= 4 is 17.3 Å². The predicted molar refractivity (Wildman–Crippen MR) is 129 cm³/mol. The number of fused-ring (bicyclic) bond motifs is 1. The molecule has 9 nitrogen and oxygen atoms in total. The second-order valence-electron chi connectivity index (χ2n) is 9.89. The first-order valence-electron chi connectivity index (χ1n) is 12.9. The zero-order chi connectivity index (χ0) is 23.5. The number of hydrogen-bond donors (Lipinski definition) is 0. The first kappa shape index (κ1) is 22.8. The van der Waals surface area contributed by atoms with Crippen LogP contribution < -0.4 is 4.90 Å². The van der Waals surface area contributed by atoms with Crippen LogP contribution in [0.15, 0.2) is 18.2 Å². The van der Waals surface area contributed by atoms with E-state index in [0.717, 1.165) is 89.1 Å². The lowest BCUT2D eigenvalue weighted by Crippen LogP contribution is -2.40. The summed E-state index contributed by atoms with van der Waals surface area (Å²) in [5.41, 5.74) is 1.06. The molecule has 2 aromatic rings. The van der Waals surface area contributed by atoms with Gasteiger partial charge in [-0.3, -0.25) is 14.9 Å². The molecule has 0 unspecified atom stereocenters. The van der Waals surface area contributed by atoms with E-state index < -0.39 is 0 Å². The number of aryl methyl sites for hydroxylation is 1. The van der Waals surface area contributed by atoms with E-state index in [-0.39, 0.29) is 22.4 Å². The summed E-state index contributed by atoms with van der Waals surface area (Å²) in [5, 5.41) is 20.9. The van der Waals surface area contributed by atoms with E-state index in [1.54, 1.807) is 12.1 Å². The average molecular weight is 467 g/mol. The predicted octanol–water partition coefficient (Wildman–Crippen LogP) is 4.31. The van der Waals surface area contributed by atoms with Gasteiger partial charge in [-0.1, -0.05) is 19.3 Å². The Hall–Kier alpha value is -2.97. The van der Waals surface area contributed by atoms with Gasteiger partial charge in [0.05, 0.1) is 4.92 Å². The number of nitrogens with zero attached hydrogens (tertiary/aromatic N) is 6. The van der Waals surface area contributed by atoms with Crippen molar-refractivity contribution in [3.63, 3.8) is 0 Å². The standard InChI is InChI=1S/C25H34N6O3/c32-25(19-11-12-21(22(17-19)31(33)34)28-13-5-1-2-6-14-28)29-15-8-9-20(18-29)24-27-26-23-10-4-3-7-16-30(23)24/h11-12,17,20H,1-10,13-16,18H2/t20-/m0/s1. The minimum absolute atomic E-state index is 0.0316. The van der Waals surface area contributed by atoms with Gasteiger partial charge in [0.25, 0.3) is 11.6 Å². The van der Waals surface area contributed by atoms with Crippen molar-refractivity contribution in [3.05, 3.63) is 45.5 Å². The molecule has 0 aliphatic carbocycles. The van der Waals surface area contributed by atoms with E-state index in [1.165, 1.54) is 12.5 Å². The number of likely N-dealkylation sites (tertiary alicyclic amines) is 1. The maximum Gasteiger partial charge on any atom is 0.293 e. The fourth-order valence-corrected chi connectivity index (χ4v) is 5.75. The smallest absolute Gasteiger partial charge is 0.293 e. The quantitative estimate of drug-likeness (QED) is 0.492. The molecule has 1 atom stereocenters. The van der Waals surface area contributed by atoms with E-state index in [2.05, 4.69) is 19.7 Å². The van der Waals surface area contributed by atoms with Crippen LogP contribution in [0, 0.1) is 10.1 Å². The Balaban J connectivity index is 1.35. The molecule has 0 bridgehead atoms. The largest absolute Gasteiger partial charge is 0.366 e. The number of benzene rings is 1. The summed E-state index contributed by atoms with van der Waals surface area (Å²) in [6, 6.07) is 5.02. The Morgan fingerprint density at radius 3 is 2.50 bits per heavy atom. The fourth-order valence-electron chi connectivity index (χ4n) is 5.75. The van der Waals surface area contributed by atoms with Crippen molar-refractivity contribution in [1.82, 2.24) is 19.7 Å². The maximum absolute atomic E-state index is 13.4. The number of carbonyl (C=O) groups excluding carboxylic acids is 1. The minimum atomic E-state index is -0.346. The highest BCUT2D eigenvalue weighted by Gasteiger charge is 2.31. The van der Waals surface area contributed by atoms with Gasteiger partial charge >= 0.3 is 0 Å². The Labute approximate surface area is 200 Å². The highest BCUT2D eigenvalue weighted by atomic mass is 16.6. The van der Waals surface area contributed by atoms with Gasteiger partial charge in [0.1, 0.15) is 17.3 Å². The van der Waals surface area contributed by atoms with Crippen LogP contribution in [0.3, 0.4) is 0 Å². The lowest BCUT2D eigenvalue weighted by Gasteiger charge is -2.32. The second kappa shape index (κ2) is 10.1. The molecule has 4 heterocycles. The Morgan fingerprint density at radius 1 is 0.941 bits per heavy atom. The molecule has 9 heteroatoms. The number of aromatic nitrogens is 3. The summed E-state index contributed by atoms with van der Waals surface area (Å²) < 4.78 is 2.27. The van der Waals surface area contributed by atoms with Crippen molar-refractivity contribution in [2.24, 2.45) is 0 Å². The normalized spacial score (nSPS) is 21.5. The van der Waals surface area contributed by atoms with Crippen LogP contribution in [0.4, 0.5) is 11.4 Å². The van der Waals surface area contributed by atoms with Gasteiger partial charge in [-0.05, 0) is 50.7 Å². The van der Waals surface area contributed by atoms with Crippen molar-refractivity contribution < 1.29 is 9.72 Å². The van der Waals surface area contributed by atoms with Crippen LogP contribution in [-0.2, 0) is 13.0 Å². The first-order valence-corrected chi connectivity index (χ1v) is 12.9. The van der Waals surface area contributed by atoms with Crippen LogP contribution in [0.5, 0.6) is 0 Å². The number of anilines is 1. The van der Waals surface area contributed by atoms with E-state index in [0.29, 0.717) is 24.3 Å². The van der Waals surface area contributed by atoms with Crippen molar-refractivity contribution in [3.8, 4) is 0 Å². The van der Waals surface area contributed by atoms with Gasteiger partial charge in [0.15, 0.2) is 0 Å². The molecule has 2 saturated heterocycles. The van der Waals surface area contributed by atoms with Gasteiger partial charge < -0.3 is 14.4 Å². The number of piperidine rings is 1. The third kappa shape index (κ3) is 4.65. The number of nitro benzene ring substituents is 1. The SMILES string of the molecule is O=C(c1ccc(N2CCCCCC2)c([N+](=O)[O-])c1)N1CCC[C@H](c2nnc3n2CCCCC3)C1. The van der Waals surface area contributed by atoms with E-state index in [4.69, 9.17) is 0 Å². The third-order valence-electron chi connectivity index (χ3n) is 7.58. The molecule has 2 fully saturated rings. The molecular formula is C25H34N6O3. The molecule has 3 aliphatic rings. The molecule has 0 N–H and O–H groups in total. The third-order valence-corrected chi connectivity index (χ3v) is 7.58. The van der Waals surface area contributed by atoms with Crippen LogP contribution in [0.1, 0.15) is 85.7 Å². The number of hydrogen-bond acceptors (Lipinski definition) is 6. The summed E-state index contributed by atoms with van der Waals surface area (Å²) >= 11 is 0. The summed E-state index contributed by atoms with van der Waals surface area (Å²) in [6.07, 6.45) is 10.7. The summed E-state index contributed by atoms with van der Waals surface area (Å²) in [7, 11) is 0. The fraction of sp³-hybridized carbons (Fsp3) is 0.640. The van der Waals surface area contributed by atoms with Crippen molar-refractivity contribution in [2.45, 2.75) is 76.7 Å². The van der Waals surface area contributed by atoms with Crippen LogP contribution in [0.25, 0.3) is 0 Å². The van der Waals surface area contributed by atoms with Gasteiger partial charge in [-0.2, -0.15) is 0 Å². The monoisotopic (exact) mass is 466 g/mol. The topological polar surface area (TPSA) is 97.4 Å². The summed E-state index contributed by atoms with van der Waals surface area (Å²) in [4.78, 5) is 28.9. The molecule has 1 aromatic heterocycles. The van der Waals surface area contributed by atoms with E-state index in [9.17, 15) is 14.9 Å². The summed E-state index contributed by atoms with van der Waals surface area (Å²) in [5.74, 6) is 2.08. The molecule has 3 aliphatic heterocycles. The molecule has 5 rings (SSSR count). The van der Waals surface area contributed by atoms with Gasteiger partial charge in [-0.15, -0.1) is 10.2 Å². The second-order valence-corrected chi connectivity index (χ2v) is 9.89. The van der Waals surface area contributed by atoms with Gasteiger partial charge in [0, 0.05) is 56.7 Å². The van der Waals surface area contributed by atoms with Crippen LogP contribution >= 0.6 is 0 Å². The number of nitro groups is 1. The summed E-state index contributed by atoms with van der Waals surface area (Å²) in [6.45, 7) is 3.85. The van der Waals surface area contributed by atoms with E-state index >= 15 is 0 Å². The zero-order valence-electron chi connectivity index (χ0n) is 19.8. The highest BCUT2D eigenvalue weighted by molar-refractivity contribution is 5.96. The first-order chi connectivity index (χ1) is 16.6. The average Bonchev–Trinajstić information content (AvgIpc) is 3.04. The van der Waals surface area contributed by atoms with E-state index in [1.807, 2.05) is 4.90 Å². The van der Waals surface area contributed by atoms with Crippen LogP contribution in [0.2, 0.25) is 0 Å². The Kier molecular flexibility index (Phi) is 6.78. The number of rotatable bonds is 4. The van der Waals surface area contributed by atoms with Gasteiger partial charge in [-0.25, -0.2) is 0 Å². The Bertz CT molecular complexity index is 1040. The lowest BCUT2D eigenvalue weighted by atomic mass is 9.96. The maximum atomic E-state index is 13.4. The molecule has 1 aromatic carbocycles. The highest BCUT2D eigenvalue weighted by Crippen LogP contribution is 2.33.